The Hall–Kier alpha value is -1.26. The van der Waals surface area contributed by atoms with Crippen LogP contribution >= 0.6 is 12.4 Å². The summed E-state index contributed by atoms with van der Waals surface area (Å²) in [6, 6.07) is 7.34. The first-order valence-electron chi connectivity index (χ1n) is 5.50. The summed E-state index contributed by atoms with van der Waals surface area (Å²) in [5.41, 5.74) is 5.95. The lowest BCUT2D eigenvalue weighted by atomic mass is 10.3. The van der Waals surface area contributed by atoms with Gasteiger partial charge in [-0.3, -0.25) is 4.79 Å². The van der Waals surface area contributed by atoms with E-state index >= 15 is 0 Å². The zero-order valence-corrected chi connectivity index (χ0v) is 10.3. The molecule has 1 fully saturated rings. The van der Waals surface area contributed by atoms with E-state index < -0.39 is 0 Å². The fourth-order valence-electron chi connectivity index (χ4n) is 1.35. The number of nitrogens with two attached hydrogens (primary N) is 1. The van der Waals surface area contributed by atoms with Crippen LogP contribution in [0.5, 0.6) is 5.75 Å². The highest BCUT2D eigenvalue weighted by molar-refractivity contribution is 5.92. The summed E-state index contributed by atoms with van der Waals surface area (Å²) >= 11 is 0. The van der Waals surface area contributed by atoms with Crippen molar-refractivity contribution in [3.63, 3.8) is 0 Å². The number of rotatable bonds is 5. The predicted octanol–water partition coefficient (Wildman–Crippen LogP) is 1.79. The van der Waals surface area contributed by atoms with Crippen LogP contribution in [0.4, 0.5) is 5.69 Å². The van der Waals surface area contributed by atoms with Gasteiger partial charge in [0.2, 0.25) is 5.91 Å². The van der Waals surface area contributed by atoms with E-state index in [1.165, 1.54) is 12.8 Å². The number of halogens is 1. The molecule has 0 unspecified atom stereocenters. The van der Waals surface area contributed by atoms with Gasteiger partial charge in [0, 0.05) is 5.69 Å². The molecule has 1 saturated carbocycles. The maximum Gasteiger partial charge on any atom is 0.238 e. The van der Waals surface area contributed by atoms with Gasteiger partial charge in [-0.25, -0.2) is 0 Å². The molecular weight excluding hydrogens is 240 g/mol. The molecule has 17 heavy (non-hydrogen) atoms. The zero-order valence-electron chi connectivity index (χ0n) is 9.52. The molecular formula is C12H17ClN2O2. The van der Waals surface area contributed by atoms with Gasteiger partial charge in [0.15, 0.2) is 0 Å². The average molecular weight is 257 g/mol. The van der Waals surface area contributed by atoms with E-state index in [2.05, 4.69) is 5.32 Å². The van der Waals surface area contributed by atoms with E-state index in [4.69, 9.17) is 10.5 Å². The second-order valence-electron chi connectivity index (χ2n) is 4.03. The smallest absolute Gasteiger partial charge is 0.238 e. The fourth-order valence-corrected chi connectivity index (χ4v) is 1.35. The SMILES string of the molecule is Cl.NCC(=O)Nc1ccc(OCC2CC2)cc1. The van der Waals surface area contributed by atoms with Crippen LogP contribution in [-0.4, -0.2) is 19.1 Å². The lowest BCUT2D eigenvalue weighted by molar-refractivity contribution is -0.114. The summed E-state index contributed by atoms with van der Waals surface area (Å²) in [6.45, 7) is 0.800. The van der Waals surface area contributed by atoms with Crippen LogP contribution in [0.2, 0.25) is 0 Å². The summed E-state index contributed by atoms with van der Waals surface area (Å²) in [5, 5.41) is 2.68. The Morgan fingerprint density at radius 3 is 2.53 bits per heavy atom. The minimum Gasteiger partial charge on any atom is -0.493 e. The molecule has 1 aromatic carbocycles. The molecule has 0 spiro atoms. The summed E-state index contributed by atoms with van der Waals surface area (Å²) in [4.78, 5) is 11.0. The molecule has 1 aromatic rings. The van der Waals surface area contributed by atoms with E-state index in [9.17, 15) is 4.79 Å². The molecule has 1 aliphatic rings. The topological polar surface area (TPSA) is 64.4 Å². The van der Waals surface area contributed by atoms with Crippen molar-refractivity contribution in [2.24, 2.45) is 11.7 Å². The highest BCUT2D eigenvalue weighted by Crippen LogP contribution is 2.29. The summed E-state index contributed by atoms with van der Waals surface area (Å²) in [5.74, 6) is 1.40. The number of hydrogen-bond acceptors (Lipinski definition) is 3. The molecule has 0 heterocycles. The summed E-state index contributed by atoms with van der Waals surface area (Å²) in [7, 11) is 0. The zero-order chi connectivity index (χ0) is 11.4. The summed E-state index contributed by atoms with van der Waals surface area (Å²) in [6.07, 6.45) is 2.56. The minimum absolute atomic E-state index is 0. The van der Waals surface area contributed by atoms with Crippen molar-refractivity contribution in [3.8, 4) is 5.75 Å². The van der Waals surface area contributed by atoms with E-state index in [1.807, 2.05) is 24.3 Å². The molecule has 0 saturated heterocycles. The molecule has 5 heteroatoms. The van der Waals surface area contributed by atoms with Crippen molar-refractivity contribution in [2.45, 2.75) is 12.8 Å². The largest absolute Gasteiger partial charge is 0.493 e. The van der Waals surface area contributed by atoms with Crippen molar-refractivity contribution >= 4 is 24.0 Å². The Labute approximate surface area is 107 Å². The lowest BCUT2D eigenvalue weighted by Gasteiger charge is -2.07. The quantitative estimate of drug-likeness (QED) is 0.844. The molecule has 0 radical (unpaired) electrons. The Bertz CT molecular complexity index is 363. The van der Waals surface area contributed by atoms with Crippen LogP contribution in [-0.2, 0) is 4.79 Å². The average Bonchev–Trinajstić information content (AvgIpc) is 3.12. The number of nitrogens with one attached hydrogen (secondary N) is 1. The predicted molar refractivity (Wildman–Crippen MR) is 69.6 cm³/mol. The van der Waals surface area contributed by atoms with Crippen molar-refractivity contribution in [1.29, 1.82) is 0 Å². The van der Waals surface area contributed by atoms with Crippen LogP contribution in [0.1, 0.15) is 12.8 Å². The third-order valence-electron chi connectivity index (χ3n) is 2.51. The fraction of sp³-hybridized carbons (Fsp3) is 0.417. The van der Waals surface area contributed by atoms with Gasteiger partial charge in [0.05, 0.1) is 13.2 Å². The van der Waals surface area contributed by atoms with Gasteiger partial charge >= 0.3 is 0 Å². The van der Waals surface area contributed by atoms with Crippen molar-refractivity contribution < 1.29 is 9.53 Å². The van der Waals surface area contributed by atoms with Crippen molar-refractivity contribution in [1.82, 2.24) is 0 Å². The molecule has 4 nitrogen and oxygen atoms in total. The molecule has 2 rings (SSSR count). The first-order valence-corrected chi connectivity index (χ1v) is 5.50. The molecule has 0 aliphatic heterocycles. The van der Waals surface area contributed by atoms with E-state index in [0.717, 1.165) is 24.0 Å². The molecule has 1 aliphatic carbocycles. The maximum absolute atomic E-state index is 11.0. The molecule has 0 atom stereocenters. The van der Waals surface area contributed by atoms with Gasteiger partial charge in [-0.1, -0.05) is 0 Å². The van der Waals surface area contributed by atoms with Gasteiger partial charge in [0.25, 0.3) is 0 Å². The van der Waals surface area contributed by atoms with Crippen LogP contribution in [0.15, 0.2) is 24.3 Å². The molecule has 94 valence electrons. The second kappa shape index (κ2) is 6.47. The molecule has 1 amide bonds. The van der Waals surface area contributed by atoms with Gasteiger partial charge in [-0.15, -0.1) is 12.4 Å². The standard InChI is InChI=1S/C12H16N2O2.ClH/c13-7-12(15)14-10-3-5-11(6-4-10)16-8-9-1-2-9;/h3-6,9H,1-2,7-8,13H2,(H,14,15);1H. The first-order chi connectivity index (χ1) is 7.78. The van der Waals surface area contributed by atoms with E-state index in [1.54, 1.807) is 0 Å². The van der Waals surface area contributed by atoms with Crippen molar-refractivity contribution in [2.75, 3.05) is 18.5 Å². The molecule has 0 bridgehead atoms. The number of benzene rings is 1. The summed E-state index contributed by atoms with van der Waals surface area (Å²) < 4.78 is 5.58. The van der Waals surface area contributed by atoms with Crippen molar-refractivity contribution in [3.05, 3.63) is 24.3 Å². The van der Waals surface area contributed by atoms with Gasteiger partial charge < -0.3 is 15.8 Å². The normalized spacial score (nSPS) is 13.7. The van der Waals surface area contributed by atoms with Crippen LogP contribution in [0.25, 0.3) is 0 Å². The number of carbonyl (C=O) groups is 1. The highest BCUT2D eigenvalue weighted by atomic mass is 35.5. The van der Waals surface area contributed by atoms with Gasteiger partial charge in [-0.2, -0.15) is 0 Å². The minimum atomic E-state index is -0.188. The lowest BCUT2D eigenvalue weighted by Crippen LogP contribution is -2.21. The van der Waals surface area contributed by atoms with Crippen LogP contribution in [0.3, 0.4) is 0 Å². The second-order valence-corrected chi connectivity index (χ2v) is 4.03. The number of anilines is 1. The van der Waals surface area contributed by atoms with Gasteiger partial charge in [0.1, 0.15) is 5.75 Å². The van der Waals surface area contributed by atoms with Crippen LogP contribution in [0, 0.1) is 5.92 Å². The Morgan fingerprint density at radius 2 is 2.00 bits per heavy atom. The Morgan fingerprint density at radius 1 is 1.35 bits per heavy atom. The number of hydrogen-bond donors (Lipinski definition) is 2. The van der Waals surface area contributed by atoms with E-state index in [-0.39, 0.29) is 24.9 Å². The van der Waals surface area contributed by atoms with Gasteiger partial charge in [-0.05, 0) is 43.0 Å². The third kappa shape index (κ3) is 4.63. The number of ether oxygens (including phenoxy) is 1. The van der Waals surface area contributed by atoms with Crippen LogP contribution < -0.4 is 15.8 Å². The number of amides is 1. The monoisotopic (exact) mass is 256 g/mol. The third-order valence-corrected chi connectivity index (χ3v) is 2.51. The highest BCUT2D eigenvalue weighted by Gasteiger charge is 2.21. The number of carbonyl (C=O) groups excluding carboxylic acids is 1. The maximum atomic E-state index is 11.0. The first kappa shape index (κ1) is 13.8. The molecule has 3 N–H and O–H groups in total. The van der Waals surface area contributed by atoms with E-state index in [0.29, 0.717) is 0 Å². The Balaban J connectivity index is 0.00000144. The molecule has 0 aromatic heterocycles. The Kier molecular flexibility index (Phi) is 5.25.